The van der Waals surface area contributed by atoms with Gasteiger partial charge in [0.25, 0.3) is 0 Å². The molecule has 0 radical (unpaired) electrons. The van der Waals surface area contributed by atoms with E-state index in [0.717, 1.165) is 50.2 Å². The first-order chi connectivity index (χ1) is 22.3. The Balaban J connectivity index is 1.37. The number of para-hydroxylation sites is 3. The van der Waals surface area contributed by atoms with Gasteiger partial charge in [0.15, 0.2) is 0 Å². The van der Waals surface area contributed by atoms with Crippen LogP contribution in [0.15, 0.2) is 174 Å². The zero-order valence-electron chi connectivity index (χ0n) is 24.5. The highest BCUT2D eigenvalue weighted by Gasteiger charge is 2.23. The number of furan rings is 1. The molecule has 0 saturated heterocycles. The molecule has 45 heavy (non-hydrogen) atoms. The minimum atomic E-state index is 0.874. The molecule has 0 aliphatic heterocycles. The second-order valence-electron chi connectivity index (χ2n) is 11.4. The van der Waals surface area contributed by atoms with E-state index in [-0.39, 0.29) is 0 Å². The Kier molecular flexibility index (Phi) is 5.82. The van der Waals surface area contributed by atoms with Gasteiger partial charge in [-0.25, -0.2) is 0 Å². The molecule has 3 heteroatoms. The van der Waals surface area contributed by atoms with Crippen LogP contribution in [0.25, 0.3) is 60.6 Å². The Morgan fingerprint density at radius 3 is 1.78 bits per heavy atom. The molecule has 7 aromatic carbocycles. The highest BCUT2D eigenvalue weighted by atomic mass is 16.3. The van der Waals surface area contributed by atoms with E-state index in [1.54, 1.807) is 0 Å². The zero-order valence-corrected chi connectivity index (χ0v) is 24.5. The zero-order chi connectivity index (χ0) is 29.7. The van der Waals surface area contributed by atoms with Crippen molar-refractivity contribution < 1.29 is 4.42 Å². The highest BCUT2D eigenvalue weighted by Crippen LogP contribution is 2.47. The van der Waals surface area contributed by atoms with Crippen LogP contribution in [-0.2, 0) is 0 Å². The van der Waals surface area contributed by atoms with Crippen molar-refractivity contribution in [3.8, 4) is 16.8 Å². The lowest BCUT2D eigenvalue weighted by Gasteiger charge is -2.27. The van der Waals surface area contributed by atoms with Crippen molar-refractivity contribution in [3.63, 3.8) is 0 Å². The lowest BCUT2D eigenvalue weighted by atomic mass is 10.0. The third-order valence-corrected chi connectivity index (χ3v) is 8.79. The van der Waals surface area contributed by atoms with Gasteiger partial charge in [0, 0.05) is 27.5 Å². The molecule has 2 heterocycles. The average Bonchev–Trinajstić information content (AvgIpc) is 3.66. The van der Waals surface area contributed by atoms with E-state index < -0.39 is 0 Å². The van der Waals surface area contributed by atoms with Gasteiger partial charge in [-0.15, -0.1) is 0 Å². The number of anilines is 3. The molecule has 0 unspecified atom stereocenters. The van der Waals surface area contributed by atoms with Crippen LogP contribution < -0.4 is 4.90 Å². The molecule has 3 nitrogen and oxygen atoms in total. The third kappa shape index (κ3) is 4.05. The molecule has 0 bridgehead atoms. The number of hydrogen-bond donors (Lipinski definition) is 0. The normalized spacial score (nSPS) is 11.6. The van der Waals surface area contributed by atoms with Crippen molar-refractivity contribution in [1.29, 1.82) is 0 Å². The molecule has 0 spiro atoms. The summed E-state index contributed by atoms with van der Waals surface area (Å²) in [5, 5.41) is 4.62. The van der Waals surface area contributed by atoms with Crippen molar-refractivity contribution >= 4 is 60.8 Å². The van der Waals surface area contributed by atoms with E-state index in [4.69, 9.17) is 4.42 Å². The molecule has 0 amide bonds. The number of aromatic nitrogens is 1. The van der Waals surface area contributed by atoms with Gasteiger partial charge in [0.1, 0.15) is 11.2 Å². The fraction of sp³-hybridized carbons (Fsp3) is 0. The predicted octanol–water partition coefficient (Wildman–Crippen LogP) is 11.8. The first-order valence-electron chi connectivity index (χ1n) is 15.3. The quantitative estimate of drug-likeness (QED) is 0.203. The summed E-state index contributed by atoms with van der Waals surface area (Å²) in [4.78, 5) is 2.41. The van der Waals surface area contributed by atoms with Gasteiger partial charge in [-0.2, -0.15) is 0 Å². The van der Waals surface area contributed by atoms with Crippen molar-refractivity contribution in [3.05, 3.63) is 170 Å². The van der Waals surface area contributed by atoms with Crippen LogP contribution in [0.1, 0.15) is 0 Å². The number of fused-ring (bicyclic) bond motifs is 6. The summed E-state index contributed by atoms with van der Waals surface area (Å²) in [5.74, 6) is 0. The topological polar surface area (TPSA) is 21.3 Å². The van der Waals surface area contributed by atoms with Crippen molar-refractivity contribution in [2.24, 2.45) is 0 Å². The summed E-state index contributed by atoms with van der Waals surface area (Å²) in [5.41, 5.74) is 10.9. The summed E-state index contributed by atoms with van der Waals surface area (Å²) < 4.78 is 8.75. The first kappa shape index (κ1) is 25.4. The average molecular weight is 577 g/mol. The second kappa shape index (κ2) is 10.3. The van der Waals surface area contributed by atoms with Crippen LogP contribution in [0.2, 0.25) is 0 Å². The first-order valence-corrected chi connectivity index (χ1v) is 15.3. The number of hydrogen-bond acceptors (Lipinski definition) is 2. The molecular weight excluding hydrogens is 548 g/mol. The molecule has 0 saturated carbocycles. The Labute approximate surface area is 260 Å². The molecule has 9 aromatic rings. The van der Waals surface area contributed by atoms with E-state index in [0.29, 0.717) is 0 Å². The third-order valence-electron chi connectivity index (χ3n) is 8.79. The van der Waals surface area contributed by atoms with Crippen molar-refractivity contribution in [2.75, 3.05) is 4.90 Å². The van der Waals surface area contributed by atoms with Gasteiger partial charge < -0.3 is 13.9 Å². The molecule has 0 aliphatic carbocycles. The van der Waals surface area contributed by atoms with Gasteiger partial charge in [-0.05, 0) is 71.8 Å². The standard InChI is InChI=1S/C42H28N2O/c1-3-13-29(14-4-1)30-25-27-32(28-26-30)44(38-22-12-24-40-42(38)34-18-8-10-23-39(34)45-40)37-21-11-20-36-41(37)33-17-7-9-19-35(33)43(36)31-15-5-2-6-16-31/h1-28H. The fourth-order valence-electron chi connectivity index (χ4n) is 6.83. The minimum absolute atomic E-state index is 0.874. The number of nitrogens with zero attached hydrogens (tertiary/aromatic N) is 2. The van der Waals surface area contributed by atoms with Crippen LogP contribution in [0.5, 0.6) is 0 Å². The van der Waals surface area contributed by atoms with Crippen LogP contribution in [0, 0.1) is 0 Å². The summed E-state index contributed by atoms with van der Waals surface area (Å²) in [6.45, 7) is 0. The minimum Gasteiger partial charge on any atom is -0.456 e. The van der Waals surface area contributed by atoms with Crippen molar-refractivity contribution in [1.82, 2.24) is 4.57 Å². The Bertz CT molecular complexity index is 2470. The van der Waals surface area contributed by atoms with E-state index in [1.165, 1.54) is 27.4 Å². The number of rotatable bonds is 5. The summed E-state index contributed by atoms with van der Waals surface area (Å²) >= 11 is 0. The van der Waals surface area contributed by atoms with Crippen LogP contribution in [0.3, 0.4) is 0 Å². The maximum absolute atomic E-state index is 6.38. The van der Waals surface area contributed by atoms with Crippen LogP contribution >= 0.6 is 0 Å². The Morgan fingerprint density at radius 1 is 0.400 bits per heavy atom. The molecule has 0 N–H and O–H groups in total. The molecule has 0 fully saturated rings. The Hall–Kier alpha value is -6.06. The summed E-state index contributed by atoms with van der Waals surface area (Å²) in [6.07, 6.45) is 0. The van der Waals surface area contributed by atoms with Crippen LogP contribution in [-0.4, -0.2) is 4.57 Å². The summed E-state index contributed by atoms with van der Waals surface area (Å²) in [7, 11) is 0. The fourth-order valence-corrected chi connectivity index (χ4v) is 6.83. The molecule has 0 aliphatic rings. The van der Waals surface area contributed by atoms with E-state index in [9.17, 15) is 0 Å². The molecule has 2 aromatic heterocycles. The molecule has 212 valence electrons. The molecule has 9 rings (SSSR count). The predicted molar refractivity (Wildman–Crippen MR) is 188 cm³/mol. The van der Waals surface area contributed by atoms with Gasteiger partial charge in [0.2, 0.25) is 0 Å². The van der Waals surface area contributed by atoms with E-state index in [2.05, 4.69) is 167 Å². The van der Waals surface area contributed by atoms with Crippen molar-refractivity contribution in [2.45, 2.75) is 0 Å². The van der Waals surface area contributed by atoms with Gasteiger partial charge in [0.05, 0.1) is 27.8 Å². The highest BCUT2D eigenvalue weighted by molar-refractivity contribution is 6.19. The summed E-state index contributed by atoms with van der Waals surface area (Å²) in [6, 6.07) is 60.2. The van der Waals surface area contributed by atoms with E-state index >= 15 is 0 Å². The lowest BCUT2D eigenvalue weighted by molar-refractivity contribution is 0.669. The molecular formula is C42H28N2O. The van der Waals surface area contributed by atoms with Gasteiger partial charge in [-0.1, -0.05) is 109 Å². The molecule has 0 atom stereocenters. The maximum atomic E-state index is 6.38. The van der Waals surface area contributed by atoms with Crippen LogP contribution in [0.4, 0.5) is 17.1 Å². The maximum Gasteiger partial charge on any atom is 0.137 e. The largest absolute Gasteiger partial charge is 0.456 e. The van der Waals surface area contributed by atoms with Gasteiger partial charge >= 0.3 is 0 Å². The monoisotopic (exact) mass is 576 g/mol. The SMILES string of the molecule is c1ccc(-c2ccc(N(c3cccc4oc5ccccc5c34)c3cccc4c3c3ccccc3n4-c3ccccc3)cc2)cc1. The Morgan fingerprint density at radius 2 is 0.978 bits per heavy atom. The second-order valence-corrected chi connectivity index (χ2v) is 11.4. The smallest absolute Gasteiger partial charge is 0.137 e. The van der Waals surface area contributed by atoms with Gasteiger partial charge in [-0.3, -0.25) is 0 Å². The number of benzene rings is 7. The lowest BCUT2D eigenvalue weighted by Crippen LogP contribution is -2.11. The van der Waals surface area contributed by atoms with E-state index in [1.807, 2.05) is 12.1 Å².